The van der Waals surface area contributed by atoms with Gasteiger partial charge in [0.2, 0.25) is 0 Å². The van der Waals surface area contributed by atoms with Crippen molar-refractivity contribution < 1.29 is 15.3 Å². The second-order valence-corrected chi connectivity index (χ2v) is 3.12. The molecule has 2 unspecified atom stereocenters. The lowest BCUT2D eigenvalue weighted by Crippen LogP contribution is -2.53. The largest absolute Gasteiger partial charge is 0.393 e. The molecule has 4 atom stereocenters. The van der Waals surface area contributed by atoms with Crippen LogP contribution in [0.3, 0.4) is 0 Å². The molecule has 1 rings (SSSR count). The van der Waals surface area contributed by atoms with Crippen LogP contribution < -0.4 is 5.32 Å². The molecule has 4 N–H and O–H groups in total. The molecule has 0 radical (unpaired) electrons. The fourth-order valence-electron chi connectivity index (χ4n) is 1.38. The van der Waals surface area contributed by atoms with Gasteiger partial charge in [-0.25, -0.2) is 0 Å². The Hall–Kier alpha value is -0.160. The minimum atomic E-state index is -0.795. The highest BCUT2D eigenvalue weighted by Crippen LogP contribution is 2.15. The Morgan fingerprint density at radius 1 is 1.36 bits per heavy atom. The van der Waals surface area contributed by atoms with E-state index in [4.69, 9.17) is 5.11 Å². The maximum atomic E-state index is 9.36. The molecule has 66 valence electrons. The van der Waals surface area contributed by atoms with Crippen molar-refractivity contribution >= 4 is 0 Å². The standard InChI is InChI=1S/C7H15NO3/c1-4(9)5-2-8-3-6(10)7(5)11/h4-11H,2-3H2,1H3/t4?,5-,6-,7?/m1/s1. The number of nitrogens with one attached hydrogen (secondary N) is 1. The summed E-state index contributed by atoms with van der Waals surface area (Å²) in [5.74, 6) is -0.251. The smallest absolute Gasteiger partial charge is 0.0927 e. The van der Waals surface area contributed by atoms with Crippen LogP contribution >= 0.6 is 0 Å². The Balaban J connectivity index is 2.51. The minimum absolute atomic E-state index is 0.251. The second kappa shape index (κ2) is 3.49. The van der Waals surface area contributed by atoms with Gasteiger partial charge in [0, 0.05) is 19.0 Å². The van der Waals surface area contributed by atoms with E-state index in [1.54, 1.807) is 6.92 Å². The number of aliphatic hydroxyl groups is 3. The zero-order chi connectivity index (χ0) is 8.43. The van der Waals surface area contributed by atoms with Crippen LogP contribution in [-0.4, -0.2) is 46.7 Å². The highest BCUT2D eigenvalue weighted by molar-refractivity contribution is 4.86. The molecule has 11 heavy (non-hydrogen) atoms. The van der Waals surface area contributed by atoms with Gasteiger partial charge in [0.1, 0.15) is 0 Å². The Morgan fingerprint density at radius 3 is 2.45 bits per heavy atom. The first-order valence-corrected chi connectivity index (χ1v) is 3.88. The summed E-state index contributed by atoms with van der Waals surface area (Å²) < 4.78 is 0. The third-order valence-corrected chi connectivity index (χ3v) is 2.19. The SMILES string of the molecule is CC(O)[C@H]1CNC[C@@H](O)C1O. The fraction of sp³-hybridized carbons (Fsp3) is 1.00. The molecule has 4 heteroatoms. The number of aliphatic hydroxyl groups excluding tert-OH is 3. The van der Waals surface area contributed by atoms with Crippen molar-refractivity contribution in [3.8, 4) is 0 Å². The summed E-state index contributed by atoms with van der Waals surface area (Å²) in [6.07, 6.45) is -2.12. The van der Waals surface area contributed by atoms with E-state index in [1.807, 2.05) is 0 Å². The Morgan fingerprint density at radius 2 is 2.00 bits per heavy atom. The van der Waals surface area contributed by atoms with Crippen LogP contribution in [0.1, 0.15) is 6.92 Å². The van der Waals surface area contributed by atoms with E-state index in [9.17, 15) is 10.2 Å². The summed E-state index contributed by atoms with van der Waals surface area (Å²) in [5.41, 5.74) is 0. The molecule has 1 saturated heterocycles. The number of piperidine rings is 1. The van der Waals surface area contributed by atoms with Gasteiger partial charge in [-0.1, -0.05) is 0 Å². The molecule has 0 spiro atoms. The molecule has 0 aromatic rings. The molecular formula is C7H15NO3. The normalized spacial score (nSPS) is 42.0. The molecule has 0 aromatic carbocycles. The number of hydrogen-bond donors (Lipinski definition) is 4. The van der Waals surface area contributed by atoms with E-state index in [0.29, 0.717) is 13.1 Å². The molecule has 0 aliphatic carbocycles. The van der Waals surface area contributed by atoms with E-state index in [1.165, 1.54) is 0 Å². The molecule has 4 nitrogen and oxygen atoms in total. The van der Waals surface area contributed by atoms with Gasteiger partial charge in [0.05, 0.1) is 18.3 Å². The molecule has 0 aromatic heterocycles. The predicted octanol–water partition coefficient (Wildman–Crippen LogP) is -1.69. The molecule has 0 bridgehead atoms. The van der Waals surface area contributed by atoms with E-state index in [2.05, 4.69) is 5.32 Å². The Kier molecular flexibility index (Phi) is 2.84. The van der Waals surface area contributed by atoms with Crippen molar-refractivity contribution in [2.45, 2.75) is 25.2 Å². The van der Waals surface area contributed by atoms with Crippen LogP contribution in [0.5, 0.6) is 0 Å². The Labute approximate surface area is 65.9 Å². The van der Waals surface area contributed by atoms with Crippen LogP contribution in [0.15, 0.2) is 0 Å². The third-order valence-electron chi connectivity index (χ3n) is 2.19. The van der Waals surface area contributed by atoms with Crippen molar-refractivity contribution in [1.29, 1.82) is 0 Å². The lowest BCUT2D eigenvalue weighted by Gasteiger charge is -2.34. The van der Waals surface area contributed by atoms with Crippen LogP contribution in [0, 0.1) is 5.92 Å². The van der Waals surface area contributed by atoms with Gasteiger partial charge in [-0.05, 0) is 6.92 Å². The summed E-state index contributed by atoms with van der Waals surface area (Å²) >= 11 is 0. The van der Waals surface area contributed by atoms with E-state index in [-0.39, 0.29) is 5.92 Å². The quantitative estimate of drug-likeness (QED) is 0.370. The molecule has 1 fully saturated rings. The lowest BCUT2D eigenvalue weighted by atomic mass is 9.90. The highest BCUT2D eigenvalue weighted by atomic mass is 16.3. The topological polar surface area (TPSA) is 72.7 Å². The number of rotatable bonds is 1. The zero-order valence-corrected chi connectivity index (χ0v) is 6.57. The molecule has 1 heterocycles. The van der Waals surface area contributed by atoms with Crippen molar-refractivity contribution in [2.24, 2.45) is 5.92 Å². The van der Waals surface area contributed by atoms with Crippen molar-refractivity contribution in [2.75, 3.05) is 13.1 Å². The Bertz CT molecular complexity index is 129. The van der Waals surface area contributed by atoms with Gasteiger partial charge >= 0.3 is 0 Å². The fourth-order valence-corrected chi connectivity index (χ4v) is 1.38. The molecule has 0 saturated carbocycles. The average Bonchev–Trinajstić information content (AvgIpc) is 1.94. The first-order chi connectivity index (χ1) is 5.13. The summed E-state index contributed by atoms with van der Waals surface area (Å²) in [5, 5.41) is 30.6. The van der Waals surface area contributed by atoms with E-state index in [0.717, 1.165) is 0 Å². The van der Waals surface area contributed by atoms with Gasteiger partial charge in [-0.2, -0.15) is 0 Å². The number of β-amino-alcohol motifs (C(OH)–C–C–N with tert-alkyl or cyclic N) is 1. The van der Waals surface area contributed by atoms with Gasteiger partial charge in [0.25, 0.3) is 0 Å². The van der Waals surface area contributed by atoms with Crippen molar-refractivity contribution in [3.63, 3.8) is 0 Å². The maximum Gasteiger partial charge on any atom is 0.0927 e. The molecule has 1 aliphatic rings. The van der Waals surface area contributed by atoms with Crippen LogP contribution in [0.2, 0.25) is 0 Å². The van der Waals surface area contributed by atoms with Crippen LogP contribution in [-0.2, 0) is 0 Å². The van der Waals surface area contributed by atoms with Crippen LogP contribution in [0.4, 0.5) is 0 Å². The van der Waals surface area contributed by atoms with Gasteiger partial charge in [-0.3, -0.25) is 0 Å². The van der Waals surface area contributed by atoms with Crippen LogP contribution in [0.25, 0.3) is 0 Å². The summed E-state index contributed by atoms with van der Waals surface area (Å²) in [6.45, 7) is 2.59. The van der Waals surface area contributed by atoms with E-state index < -0.39 is 18.3 Å². The first kappa shape index (κ1) is 8.93. The maximum absolute atomic E-state index is 9.36. The predicted molar refractivity (Wildman–Crippen MR) is 40.1 cm³/mol. The zero-order valence-electron chi connectivity index (χ0n) is 6.57. The third kappa shape index (κ3) is 1.90. The van der Waals surface area contributed by atoms with Crippen molar-refractivity contribution in [1.82, 2.24) is 5.32 Å². The lowest BCUT2D eigenvalue weighted by molar-refractivity contribution is -0.0693. The van der Waals surface area contributed by atoms with E-state index >= 15 is 0 Å². The van der Waals surface area contributed by atoms with Gasteiger partial charge in [0.15, 0.2) is 0 Å². The minimum Gasteiger partial charge on any atom is -0.393 e. The van der Waals surface area contributed by atoms with Gasteiger partial charge < -0.3 is 20.6 Å². The second-order valence-electron chi connectivity index (χ2n) is 3.12. The summed E-state index contributed by atoms with van der Waals surface area (Å²) in [6, 6.07) is 0. The molecule has 1 aliphatic heterocycles. The number of hydrogen-bond acceptors (Lipinski definition) is 4. The van der Waals surface area contributed by atoms with Crippen molar-refractivity contribution in [3.05, 3.63) is 0 Å². The summed E-state index contributed by atoms with van der Waals surface area (Å²) in [7, 11) is 0. The van der Waals surface area contributed by atoms with Gasteiger partial charge in [-0.15, -0.1) is 0 Å². The molecule has 0 amide bonds. The average molecular weight is 161 g/mol. The monoisotopic (exact) mass is 161 g/mol. The first-order valence-electron chi connectivity index (χ1n) is 3.88. The highest BCUT2D eigenvalue weighted by Gasteiger charge is 2.32. The summed E-state index contributed by atoms with van der Waals surface area (Å²) in [4.78, 5) is 0. The molecular weight excluding hydrogens is 146 g/mol.